The number of halogens is 4. The number of urea groups is 1. The van der Waals surface area contributed by atoms with E-state index in [1.807, 2.05) is 6.07 Å². The van der Waals surface area contributed by atoms with Gasteiger partial charge in [0, 0.05) is 34.9 Å². The largest absolute Gasteiger partial charge is 0.417 e. The summed E-state index contributed by atoms with van der Waals surface area (Å²) in [5.74, 6) is -0.0616. The van der Waals surface area contributed by atoms with Crippen molar-refractivity contribution in [2.45, 2.75) is 6.18 Å². The van der Waals surface area contributed by atoms with E-state index in [1.54, 1.807) is 65.3 Å². The third-order valence-electron chi connectivity index (χ3n) is 5.64. The van der Waals surface area contributed by atoms with Crippen molar-refractivity contribution in [3.05, 3.63) is 108 Å². The summed E-state index contributed by atoms with van der Waals surface area (Å²) in [6.45, 7) is 0. The molecule has 0 saturated heterocycles. The van der Waals surface area contributed by atoms with Crippen molar-refractivity contribution in [2.75, 3.05) is 16.0 Å². The fourth-order valence-electron chi connectivity index (χ4n) is 3.86. The lowest BCUT2D eigenvalue weighted by Gasteiger charge is -2.13. The molecule has 2 aromatic heterocycles. The molecular formula is C27H18ClF3N6O2. The molecule has 0 spiro atoms. The quantitative estimate of drug-likeness (QED) is 0.220. The van der Waals surface area contributed by atoms with E-state index < -0.39 is 22.8 Å². The molecule has 12 heteroatoms. The van der Waals surface area contributed by atoms with Crippen LogP contribution in [0.2, 0.25) is 5.02 Å². The smallest absolute Gasteiger partial charge is 0.308 e. The maximum atomic E-state index is 13.1. The van der Waals surface area contributed by atoms with Gasteiger partial charge < -0.3 is 16.0 Å². The van der Waals surface area contributed by atoms with E-state index in [4.69, 9.17) is 11.6 Å². The second kappa shape index (κ2) is 10.5. The highest BCUT2D eigenvalue weighted by molar-refractivity contribution is 6.31. The van der Waals surface area contributed by atoms with Crippen LogP contribution in [0.15, 0.2) is 91.4 Å². The number of hydrogen-bond acceptors (Lipinski definition) is 4. The number of imidazole rings is 1. The molecule has 8 nitrogen and oxygen atoms in total. The van der Waals surface area contributed by atoms with Gasteiger partial charge in [0.05, 0.1) is 22.5 Å². The van der Waals surface area contributed by atoms with Gasteiger partial charge in [-0.15, -0.1) is 0 Å². The van der Waals surface area contributed by atoms with Gasteiger partial charge in [-0.3, -0.25) is 9.20 Å². The van der Waals surface area contributed by atoms with Crippen LogP contribution in [0.4, 0.5) is 35.2 Å². The van der Waals surface area contributed by atoms with Gasteiger partial charge in [0.25, 0.3) is 5.91 Å². The molecule has 3 aromatic carbocycles. The minimum atomic E-state index is -4.66. The lowest BCUT2D eigenvalue weighted by Crippen LogP contribution is -2.20. The maximum absolute atomic E-state index is 13.1. The van der Waals surface area contributed by atoms with Crippen LogP contribution in [-0.2, 0) is 6.18 Å². The van der Waals surface area contributed by atoms with Crippen molar-refractivity contribution in [3.63, 3.8) is 0 Å². The Bertz CT molecular complexity index is 1690. The minimum Gasteiger partial charge on any atom is -0.308 e. The van der Waals surface area contributed by atoms with E-state index in [2.05, 4.69) is 25.9 Å². The van der Waals surface area contributed by atoms with Crippen molar-refractivity contribution < 1.29 is 22.8 Å². The topological polar surface area (TPSA) is 100 Å². The molecule has 5 aromatic rings. The molecule has 0 fully saturated rings. The van der Waals surface area contributed by atoms with Crippen molar-refractivity contribution >= 4 is 46.4 Å². The number of benzene rings is 3. The Morgan fingerprint density at radius 3 is 2.33 bits per heavy atom. The molecule has 0 atom stereocenters. The Kier molecular flexibility index (Phi) is 6.90. The molecule has 0 aliphatic rings. The zero-order chi connectivity index (χ0) is 27.6. The molecule has 3 amide bonds. The lowest BCUT2D eigenvalue weighted by molar-refractivity contribution is -0.137. The van der Waals surface area contributed by atoms with Gasteiger partial charge >= 0.3 is 12.2 Å². The van der Waals surface area contributed by atoms with Gasteiger partial charge in [0.2, 0.25) is 0 Å². The average Bonchev–Trinajstić information content (AvgIpc) is 3.35. The SMILES string of the molecule is O=C(Nc1cccc(-c2cnc3c(NC(=O)c4ccccc4)nccn23)c1)Nc1ccc(Cl)c(C(F)(F)F)c1. The standard InChI is InChI=1S/C27H18ClF3N6O2/c28-21-10-9-19(14-20(21)27(29,30)31)35-26(39)34-18-8-4-7-17(13-18)22-15-33-24-23(32-11-12-37(22)24)36-25(38)16-5-2-1-3-6-16/h1-15H,(H,32,36,38)(H2,34,35,39). The van der Waals surface area contributed by atoms with Gasteiger partial charge in [-0.1, -0.05) is 41.9 Å². The average molecular weight is 551 g/mol. The minimum absolute atomic E-state index is 0.0697. The summed E-state index contributed by atoms with van der Waals surface area (Å²) in [4.78, 5) is 33.8. The van der Waals surface area contributed by atoms with Gasteiger partial charge in [-0.25, -0.2) is 14.8 Å². The van der Waals surface area contributed by atoms with Gasteiger partial charge in [-0.2, -0.15) is 13.2 Å². The number of alkyl halides is 3. The number of fused-ring (bicyclic) bond motifs is 1. The molecule has 3 N–H and O–H groups in total. The van der Waals surface area contributed by atoms with Gasteiger partial charge in [-0.05, 0) is 42.5 Å². The summed E-state index contributed by atoms with van der Waals surface area (Å²) in [6.07, 6.45) is 0.144. The maximum Gasteiger partial charge on any atom is 0.417 e. The van der Waals surface area contributed by atoms with Crippen molar-refractivity contribution in [1.82, 2.24) is 14.4 Å². The fraction of sp³-hybridized carbons (Fsp3) is 0.0370. The highest BCUT2D eigenvalue weighted by Crippen LogP contribution is 2.36. The molecule has 0 unspecified atom stereocenters. The number of aromatic nitrogens is 3. The third-order valence-corrected chi connectivity index (χ3v) is 5.97. The first-order chi connectivity index (χ1) is 18.7. The van der Waals surface area contributed by atoms with E-state index in [-0.39, 0.29) is 17.4 Å². The van der Waals surface area contributed by atoms with E-state index in [0.717, 1.165) is 12.1 Å². The summed E-state index contributed by atoms with van der Waals surface area (Å²) < 4.78 is 41.1. The Balaban J connectivity index is 1.35. The highest BCUT2D eigenvalue weighted by Gasteiger charge is 2.33. The van der Waals surface area contributed by atoms with E-state index in [0.29, 0.717) is 28.2 Å². The Morgan fingerprint density at radius 2 is 1.59 bits per heavy atom. The molecule has 0 saturated carbocycles. The molecule has 0 aliphatic carbocycles. The first-order valence-corrected chi connectivity index (χ1v) is 11.8. The molecule has 0 aliphatic heterocycles. The second-order valence-corrected chi connectivity index (χ2v) is 8.69. The van der Waals surface area contributed by atoms with Crippen molar-refractivity contribution in [2.24, 2.45) is 0 Å². The molecule has 0 radical (unpaired) electrons. The zero-order valence-electron chi connectivity index (χ0n) is 19.8. The van der Waals surface area contributed by atoms with Crippen LogP contribution in [0.3, 0.4) is 0 Å². The van der Waals surface area contributed by atoms with Crippen LogP contribution in [0.25, 0.3) is 16.9 Å². The number of hydrogen-bond donors (Lipinski definition) is 3. The number of nitrogens with zero attached hydrogens (tertiary/aromatic N) is 3. The van der Waals surface area contributed by atoms with Crippen LogP contribution in [0, 0.1) is 0 Å². The van der Waals surface area contributed by atoms with Crippen LogP contribution in [-0.4, -0.2) is 26.3 Å². The summed E-state index contributed by atoms with van der Waals surface area (Å²) in [7, 11) is 0. The second-order valence-electron chi connectivity index (χ2n) is 8.29. The summed E-state index contributed by atoms with van der Waals surface area (Å²) in [6, 6.07) is 17.9. The lowest BCUT2D eigenvalue weighted by atomic mass is 10.1. The van der Waals surface area contributed by atoms with Gasteiger partial charge in [0.15, 0.2) is 11.5 Å². The normalized spacial score (nSPS) is 11.3. The number of amides is 3. The number of carbonyl (C=O) groups is 2. The molecule has 0 bridgehead atoms. The highest BCUT2D eigenvalue weighted by atomic mass is 35.5. The molecular weight excluding hydrogens is 533 g/mol. The molecule has 2 heterocycles. The monoisotopic (exact) mass is 550 g/mol. The predicted molar refractivity (Wildman–Crippen MR) is 142 cm³/mol. The molecule has 196 valence electrons. The number of anilines is 3. The van der Waals surface area contributed by atoms with E-state index in [1.165, 1.54) is 12.3 Å². The summed E-state index contributed by atoms with van der Waals surface area (Å²) >= 11 is 5.64. The summed E-state index contributed by atoms with van der Waals surface area (Å²) in [5, 5.41) is 7.28. The zero-order valence-corrected chi connectivity index (χ0v) is 20.6. The Hall–Kier alpha value is -4.90. The summed E-state index contributed by atoms with van der Waals surface area (Å²) in [5.41, 5.74) is 1.48. The third kappa shape index (κ3) is 5.68. The van der Waals surface area contributed by atoms with Crippen LogP contribution in [0.5, 0.6) is 0 Å². The van der Waals surface area contributed by atoms with Gasteiger partial charge in [0.1, 0.15) is 0 Å². The first-order valence-electron chi connectivity index (χ1n) is 11.4. The fourth-order valence-corrected chi connectivity index (χ4v) is 4.08. The Labute approximate surface area is 224 Å². The van der Waals surface area contributed by atoms with Crippen LogP contribution in [0.1, 0.15) is 15.9 Å². The van der Waals surface area contributed by atoms with Crippen LogP contribution >= 0.6 is 11.6 Å². The predicted octanol–water partition coefficient (Wildman–Crippen LogP) is 6.96. The first kappa shape index (κ1) is 25.7. The number of nitrogens with one attached hydrogen (secondary N) is 3. The van der Waals surface area contributed by atoms with E-state index >= 15 is 0 Å². The van der Waals surface area contributed by atoms with Crippen molar-refractivity contribution in [1.29, 1.82) is 0 Å². The van der Waals surface area contributed by atoms with Crippen LogP contribution < -0.4 is 16.0 Å². The van der Waals surface area contributed by atoms with Crippen molar-refractivity contribution in [3.8, 4) is 11.3 Å². The molecule has 39 heavy (non-hydrogen) atoms. The Morgan fingerprint density at radius 1 is 0.846 bits per heavy atom. The van der Waals surface area contributed by atoms with E-state index in [9.17, 15) is 22.8 Å². The number of carbonyl (C=O) groups excluding carboxylic acids is 2. The number of rotatable bonds is 5. The molecule has 5 rings (SSSR count).